The number of carbonyl (C=O) groups is 2. The van der Waals surface area contributed by atoms with Crippen molar-refractivity contribution in [2.45, 2.75) is 76.7 Å². The average Bonchev–Trinajstić information content (AvgIpc) is 2.56. The maximum atomic E-state index is 11.8. The first-order valence-electron chi connectivity index (χ1n) is 8.09. The van der Waals surface area contributed by atoms with Gasteiger partial charge >= 0.3 is 11.9 Å². The quantitative estimate of drug-likeness (QED) is 0.525. The number of azo groups is 1. The highest BCUT2D eigenvalue weighted by molar-refractivity contribution is 5.80. The summed E-state index contributed by atoms with van der Waals surface area (Å²) >= 11 is 0. The van der Waals surface area contributed by atoms with E-state index in [0.717, 1.165) is 0 Å². The van der Waals surface area contributed by atoms with E-state index >= 15 is 0 Å². The summed E-state index contributed by atoms with van der Waals surface area (Å²) in [6.07, 6.45) is -0.120. The molecule has 0 aromatic heterocycles. The van der Waals surface area contributed by atoms with Crippen LogP contribution in [0.2, 0.25) is 0 Å². The van der Waals surface area contributed by atoms with Gasteiger partial charge in [-0.25, -0.2) is 9.59 Å². The molecule has 24 heavy (non-hydrogen) atoms. The molecule has 0 aliphatic rings. The predicted molar refractivity (Wildman–Crippen MR) is 88.3 cm³/mol. The second kappa shape index (κ2) is 9.68. The van der Waals surface area contributed by atoms with Gasteiger partial charge in [-0.05, 0) is 26.7 Å². The highest BCUT2D eigenvalue weighted by atomic mass is 16.5. The minimum atomic E-state index is -1.51. The molecule has 2 N–H and O–H groups in total. The maximum absolute atomic E-state index is 11.8. The summed E-state index contributed by atoms with van der Waals surface area (Å²) in [7, 11) is 2.97. The van der Waals surface area contributed by atoms with Crippen molar-refractivity contribution in [1.29, 1.82) is 0 Å². The van der Waals surface area contributed by atoms with Crippen LogP contribution in [0.25, 0.3) is 0 Å². The van der Waals surface area contributed by atoms with Crippen LogP contribution in [0.5, 0.6) is 0 Å². The highest BCUT2D eigenvalue weighted by Crippen LogP contribution is 2.30. The third-order valence-corrected chi connectivity index (χ3v) is 4.45. The van der Waals surface area contributed by atoms with Gasteiger partial charge in [0.1, 0.15) is 0 Å². The average molecular weight is 346 g/mol. The summed E-state index contributed by atoms with van der Waals surface area (Å²) in [5.74, 6) is -2.29. The Balaban J connectivity index is 5.81. The van der Waals surface area contributed by atoms with Gasteiger partial charge in [0.2, 0.25) is 0 Å². The number of carboxylic acids is 2. The molecular weight excluding hydrogens is 316 g/mol. The standard InChI is InChI=1S/C16H30N2O6/c1-7-15(13(19)20,9-11(3)23-5)17-18-16(8-2,14(21)22)10-12(4)24-6/h11-12H,7-10H2,1-6H3,(H,19,20)(H,21,22). The molecule has 8 heteroatoms. The fraction of sp³-hybridized carbons (Fsp3) is 0.875. The Morgan fingerprint density at radius 3 is 1.33 bits per heavy atom. The second-order valence-electron chi connectivity index (χ2n) is 6.08. The molecule has 0 fully saturated rings. The smallest absolute Gasteiger partial charge is 0.333 e. The first kappa shape index (κ1) is 22.5. The molecule has 0 saturated carbocycles. The van der Waals surface area contributed by atoms with Crippen molar-refractivity contribution < 1.29 is 29.3 Å². The fourth-order valence-electron chi connectivity index (χ4n) is 2.38. The highest BCUT2D eigenvalue weighted by Gasteiger charge is 2.43. The third kappa shape index (κ3) is 5.52. The van der Waals surface area contributed by atoms with Gasteiger partial charge in [0, 0.05) is 27.1 Å². The van der Waals surface area contributed by atoms with E-state index in [1.165, 1.54) is 14.2 Å². The third-order valence-electron chi connectivity index (χ3n) is 4.45. The van der Waals surface area contributed by atoms with Crippen molar-refractivity contribution >= 4 is 11.9 Å². The van der Waals surface area contributed by atoms with Gasteiger partial charge in [-0.15, -0.1) is 0 Å². The Morgan fingerprint density at radius 2 is 1.17 bits per heavy atom. The van der Waals surface area contributed by atoms with E-state index in [9.17, 15) is 19.8 Å². The Bertz CT molecular complexity index is 416. The van der Waals surface area contributed by atoms with Crippen molar-refractivity contribution in [2.75, 3.05) is 14.2 Å². The molecular formula is C16H30N2O6. The zero-order valence-electron chi connectivity index (χ0n) is 15.4. The number of ether oxygens (including phenoxy) is 2. The second-order valence-corrected chi connectivity index (χ2v) is 6.08. The van der Waals surface area contributed by atoms with E-state index < -0.39 is 23.0 Å². The zero-order chi connectivity index (χ0) is 19.0. The topological polar surface area (TPSA) is 118 Å². The van der Waals surface area contributed by atoms with Gasteiger partial charge in [0.15, 0.2) is 11.1 Å². The normalized spacial score (nSPS) is 19.4. The molecule has 0 aliphatic carbocycles. The molecule has 0 heterocycles. The van der Waals surface area contributed by atoms with Crippen LogP contribution < -0.4 is 0 Å². The van der Waals surface area contributed by atoms with Crippen molar-refractivity contribution in [3.8, 4) is 0 Å². The van der Waals surface area contributed by atoms with Gasteiger partial charge in [-0.3, -0.25) is 0 Å². The molecule has 0 aliphatic heterocycles. The van der Waals surface area contributed by atoms with E-state index in [-0.39, 0.29) is 37.9 Å². The van der Waals surface area contributed by atoms with Gasteiger partial charge in [-0.2, -0.15) is 10.2 Å². The SMILES string of the molecule is CCC(CC(C)OC)(N=NC(CC)(CC(C)OC)C(=O)O)C(=O)O. The van der Waals surface area contributed by atoms with E-state index in [2.05, 4.69) is 10.2 Å². The first-order chi connectivity index (χ1) is 11.1. The summed E-state index contributed by atoms with van der Waals surface area (Å²) in [5, 5.41) is 27.3. The Labute approximate surface area is 143 Å². The summed E-state index contributed by atoms with van der Waals surface area (Å²) in [6.45, 7) is 6.84. The Morgan fingerprint density at radius 1 is 0.875 bits per heavy atom. The van der Waals surface area contributed by atoms with E-state index in [0.29, 0.717) is 0 Å². The van der Waals surface area contributed by atoms with Crippen LogP contribution in [0.3, 0.4) is 0 Å². The number of aliphatic carboxylic acids is 2. The summed E-state index contributed by atoms with van der Waals surface area (Å²) in [5.41, 5.74) is -3.02. The number of hydrogen-bond donors (Lipinski definition) is 2. The van der Waals surface area contributed by atoms with Crippen LogP contribution in [0.1, 0.15) is 53.4 Å². The number of hydrogen-bond acceptors (Lipinski definition) is 6. The molecule has 0 bridgehead atoms. The summed E-state index contributed by atoms with van der Waals surface area (Å²) < 4.78 is 10.3. The lowest BCUT2D eigenvalue weighted by Crippen LogP contribution is -2.43. The lowest BCUT2D eigenvalue weighted by Gasteiger charge is -2.29. The van der Waals surface area contributed by atoms with Crippen LogP contribution in [-0.2, 0) is 19.1 Å². The lowest BCUT2D eigenvalue weighted by molar-refractivity contribution is -0.147. The largest absolute Gasteiger partial charge is 0.479 e. The molecule has 4 unspecified atom stereocenters. The van der Waals surface area contributed by atoms with E-state index in [1.807, 2.05) is 0 Å². The van der Waals surface area contributed by atoms with E-state index in [1.54, 1.807) is 27.7 Å². The molecule has 0 aromatic rings. The molecule has 4 atom stereocenters. The van der Waals surface area contributed by atoms with Gasteiger partial charge < -0.3 is 19.7 Å². The molecule has 0 rings (SSSR count). The first-order valence-corrected chi connectivity index (χ1v) is 8.09. The molecule has 8 nitrogen and oxygen atoms in total. The van der Waals surface area contributed by atoms with E-state index in [4.69, 9.17) is 9.47 Å². The van der Waals surface area contributed by atoms with Crippen molar-refractivity contribution in [3.63, 3.8) is 0 Å². The van der Waals surface area contributed by atoms with Gasteiger partial charge in [-0.1, -0.05) is 13.8 Å². The van der Waals surface area contributed by atoms with Crippen molar-refractivity contribution in [2.24, 2.45) is 10.2 Å². The fourth-order valence-corrected chi connectivity index (χ4v) is 2.38. The minimum absolute atomic E-state index is 0.109. The Hall–Kier alpha value is -1.54. The maximum Gasteiger partial charge on any atom is 0.333 e. The molecule has 0 spiro atoms. The molecule has 0 amide bonds. The van der Waals surface area contributed by atoms with Crippen molar-refractivity contribution in [1.82, 2.24) is 0 Å². The van der Waals surface area contributed by atoms with Crippen LogP contribution in [0.15, 0.2) is 10.2 Å². The van der Waals surface area contributed by atoms with Crippen LogP contribution in [0, 0.1) is 0 Å². The van der Waals surface area contributed by atoms with Crippen LogP contribution in [-0.4, -0.2) is 59.7 Å². The lowest BCUT2D eigenvalue weighted by atomic mass is 9.89. The van der Waals surface area contributed by atoms with Crippen molar-refractivity contribution in [3.05, 3.63) is 0 Å². The molecule has 0 radical (unpaired) electrons. The number of carboxylic acid groups (broad SMARTS) is 2. The number of methoxy groups -OCH3 is 2. The number of rotatable bonds is 12. The molecule has 0 aromatic carbocycles. The minimum Gasteiger partial charge on any atom is -0.479 e. The molecule has 140 valence electrons. The zero-order valence-corrected chi connectivity index (χ0v) is 15.4. The summed E-state index contributed by atoms with van der Waals surface area (Å²) in [4.78, 5) is 23.6. The van der Waals surface area contributed by atoms with Gasteiger partial charge in [0.25, 0.3) is 0 Å². The predicted octanol–water partition coefficient (Wildman–Crippen LogP) is 2.76. The molecule has 0 saturated heterocycles. The Kier molecular flexibility index (Phi) is 9.06. The monoisotopic (exact) mass is 346 g/mol. The van der Waals surface area contributed by atoms with Crippen LogP contribution in [0.4, 0.5) is 0 Å². The number of nitrogens with zero attached hydrogens (tertiary/aromatic N) is 2. The summed E-state index contributed by atoms with van der Waals surface area (Å²) in [6, 6.07) is 0. The van der Waals surface area contributed by atoms with Gasteiger partial charge in [0.05, 0.1) is 12.2 Å². The van der Waals surface area contributed by atoms with Crippen LogP contribution >= 0.6 is 0 Å².